The maximum Gasteiger partial charge on any atom is 0.315 e. The fourth-order valence-corrected chi connectivity index (χ4v) is 2.56. The summed E-state index contributed by atoms with van der Waals surface area (Å²) in [5.41, 5.74) is 1.57. The van der Waals surface area contributed by atoms with Gasteiger partial charge in [-0.15, -0.1) is 0 Å². The first-order valence-electron chi connectivity index (χ1n) is 6.89. The molecule has 0 atom stereocenters. The van der Waals surface area contributed by atoms with E-state index in [1.807, 2.05) is 19.1 Å². The van der Waals surface area contributed by atoms with E-state index in [9.17, 15) is 10.1 Å². The van der Waals surface area contributed by atoms with Crippen molar-refractivity contribution in [3.8, 4) is 0 Å². The fourth-order valence-electron chi connectivity index (χ4n) is 2.56. The second-order valence-electron chi connectivity index (χ2n) is 5.13. The number of para-hydroxylation sites is 1. The number of anilines is 2. The summed E-state index contributed by atoms with van der Waals surface area (Å²) in [6.45, 7) is 6.66. The molecule has 104 valence electrons. The Bertz CT molecular complexity index is 454. The lowest BCUT2D eigenvalue weighted by atomic mass is 9.98. The number of nitrogens with one attached hydrogen (secondary N) is 1. The minimum Gasteiger partial charge on any atom is -0.380 e. The van der Waals surface area contributed by atoms with Gasteiger partial charge in [-0.25, -0.2) is 0 Å². The van der Waals surface area contributed by atoms with Gasteiger partial charge in [0.25, 0.3) is 0 Å². The highest BCUT2D eigenvalue weighted by Crippen LogP contribution is 2.37. The zero-order chi connectivity index (χ0) is 13.8. The lowest BCUT2D eigenvalue weighted by molar-refractivity contribution is -0.383. The fraction of sp³-hybridized carbons (Fsp3) is 0.571. The minimum atomic E-state index is -0.272. The van der Waals surface area contributed by atoms with Gasteiger partial charge in [0.15, 0.2) is 0 Å². The van der Waals surface area contributed by atoms with Crippen molar-refractivity contribution in [2.45, 2.75) is 26.7 Å². The lowest BCUT2D eigenvalue weighted by Crippen LogP contribution is -2.33. The number of rotatable bonds is 4. The van der Waals surface area contributed by atoms with Gasteiger partial charge in [0, 0.05) is 19.6 Å². The molecule has 0 aromatic heterocycles. The average Bonchev–Trinajstić information content (AvgIpc) is 2.39. The molecule has 19 heavy (non-hydrogen) atoms. The van der Waals surface area contributed by atoms with Crippen LogP contribution in [0.15, 0.2) is 18.2 Å². The molecular weight excluding hydrogens is 242 g/mol. The maximum atomic E-state index is 11.4. The third kappa shape index (κ3) is 2.97. The number of benzene rings is 1. The molecule has 1 aromatic carbocycles. The largest absolute Gasteiger partial charge is 0.380 e. The zero-order valence-corrected chi connectivity index (χ0v) is 11.6. The molecule has 1 aliphatic heterocycles. The Labute approximate surface area is 113 Å². The summed E-state index contributed by atoms with van der Waals surface area (Å²) < 4.78 is 0. The number of piperidine rings is 1. The molecule has 1 fully saturated rings. The second kappa shape index (κ2) is 5.91. The first-order valence-corrected chi connectivity index (χ1v) is 6.89. The molecule has 5 nitrogen and oxygen atoms in total. The predicted octanol–water partition coefficient (Wildman–Crippen LogP) is 3.26. The van der Waals surface area contributed by atoms with Crippen LogP contribution < -0.4 is 10.2 Å². The van der Waals surface area contributed by atoms with Gasteiger partial charge in [0.1, 0.15) is 11.4 Å². The zero-order valence-electron chi connectivity index (χ0n) is 11.6. The highest BCUT2D eigenvalue weighted by atomic mass is 16.6. The summed E-state index contributed by atoms with van der Waals surface area (Å²) in [5, 5.41) is 14.4. The minimum absolute atomic E-state index is 0.207. The molecule has 5 heteroatoms. The third-order valence-corrected chi connectivity index (χ3v) is 3.69. The van der Waals surface area contributed by atoms with Crippen LogP contribution in [0.2, 0.25) is 0 Å². The van der Waals surface area contributed by atoms with E-state index < -0.39 is 0 Å². The van der Waals surface area contributed by atoms with E-state index in [0.717, 1.165) is 31.6 Å². The van der Waals surface area contributed by atoms with E-state index in [4.69, 9.17) is 0 Å². The van der Waals surface area contributed by atoms with Gasteiger partial charge in [-0.3, -0.25) is 10.1 Å². The Morgan fingerprint density at radius 2 is 2.11 bits per heavy atom. The maximum absolute atomic E-state index is 11.4. The summed E-state index contributed by atoms with van der Waals surface area (Å²) in [7, 11) is 0. The van der Waals surface area contributed by atoms with Crippen LogP contribution in [0.1, 0.15) is 26.7 Å². The van der Waals surface area contributed by atoms with Crippen molar-refractivity contribution in [3.05, 3.63) is 28.3 Å². The molecule has 1 aromatic rings. The number of nitro benzene ring substituents is 1. The monoisotopic (exact) mass is 263 g/mol. The van der Waals surface area contributed by atoms with Crippen LogP contribution >= 0.6 is 0 Å². The number of nitro groups is 1. The van der Waals surface area contributed by atoms with Crippen LogP contribution in [-0.2, 0) is 0 Å². The number of nitrogens with zero attached hydrogens (tertiary/aromatic N) is 2. The summed E-state index contributed by atoms with van der Waals surface area (Å²) in [6, 6.07) is 5.52. The van der Waals surface area contributed by atoms with Crippen LogP contribution in [0, 0.1) is 16.0 Å². The van der Waals surface area contributed by atoms with Gasteiger partial charge in [0.05, 0.1) is 4.92 Å². The molecular formula is C14H21N3O2. The summed E-state index contributed by atoms with van der Waals surface area (Å²) in [5.74, 6) is 0.715. The van der Waals surface area contributed by atoms with Gasteiger partial charge in [-0.05, 0) is 37.8 Å². The Morgan fingerprint density at radius 3 is 2.68 bits per heavy atom. The van der Waals surface area contributed by atoms with Crippen molar-refractivity contribution in [3.63, 3.8) is 0 Å². The van der Waals surface area contributed by atoms with Crippen LogP contribution in [0.25, 0.3) is 0 Å². The van der Waals surface area contributed by atoms with Crippen LogP contribution in [0.4, 0.5) is 17.1 Å². The summed E-state index contributed by atoms with van der Waals surface area (Å²) in [4.78, 5) is 13.2. The van der Waals surface area contributed by atoms with E-state index in [1.54, 1.807) is 6.07 Å². The standard InChI is InChI=1S/C14H21N3O2/c1-3-15-12-5-4-6-13(14(12)17(18)19)16-9-7-11(2)8-10-16/h4-6,11,15H,3,7-10H2,1-2H3. The number of hydrogen-bond donors (Lipinski definition) is 1. The van der Waals surface area contributed by atoms with E-state index in [2.05, 4.69) is 17.1 Å². The Balaban J connectivity index is 2.33. The first kappa shape index (κ1) is 13.6. The van der Waals surface area contributed by atoms with E-state index in [1.165, 1.54) is 0 Å². The SMILES string of the molecule is CCNc1cccc(N2CCC(C)CC2)c1[N+](=O)[O-]. The van der Waals surface area contributed by atoms with Gasteiger partial charge in [-0.2, -0.15) is 0 Å². The normalized spacial score (nSPS) is 16.4. The van der Waals surface area contributed by atoms with Crippen LogP contribution in [-0.4, -0.2) is 24.6 Å². The highest BCUT2D eigenvalue weighted by Gasteiger charge is 2.25. The molecule has 0 unspecified atom stereocenters. The lowest BCUT2D eigenvalue weighted by Gasteiger charge is -2.32. The van der Waals surface area contributed by atoms with Gasteiger partial charge in [0.2, 0.25) is 0 Å². The molecule has 1 saturated heterocycles. The van der Waals surface area contributed by atoms with Crippen molar-refractivity contribution in [1.82, 2.24) is 0 Å². The summed E-state index contributed by atoms with van der Waals surface area (Å²) >= 11 is 0. The molecule has 1 heterocycles. The Kier molecular flexibility index (Phi) is 4.24. The van der Waals surface area contributed by atoms with Gasteiger partial charge < -0.3 is 10.2 Å². The molecule has 0 amide bonds. The smallest absolute Gasteiger partial charge is 0.315 e. The molecule has 0 saturated carbocycles. The Hall–Kier alpha value is -1.78. The van der Waals surface area contributed by atoms with Crippen molar-refractivity contribution in [2.24, 2.45) is 5.92 Å². The molecule has 0 radical (unpaired) electrons. The predicted molar refractivity (Wildman–Crippen MR) is 77.9 cm³/mol. The molecule has 1 N–H and O–H groups in total. The van der Waals surface area contributed by atoms with Crippen LogP contribution in [0.3, 0.4) is 0 Å². The Morgan fingerprint density at radius 1 is 1.42 bits per heavy atom. The quantitative estimate of drug-likeness (QED) is 0.669. The number of hydrogen-bond acceptors (Lipinski definition) is 4. The van der Waals surface area contributed by atoms with E-state index in [-0.39, 0.29) is 10.6 Å². The molecule has 0 bridgehead atoms. The van der Waals surface area contributed by atoms with Crippen molar-refractivity contribution in [1.29, 1.82) is 0 Å². The van der Waals surface area contributed by atoms with Gasteiger partial charge in [-0.1, -0.05) is 13.0 Å². The second-order valence-corrected chi connectivity index (χ2v) is 5.13. The van der Waals surface area contributed by atoms with E-state index >= 15 is 0 Å². The molecule has 0 spiro atoms. The van der Waals surface area contributed by atoms with Crippen molar-refractivity contribution < 1.29 is 4.92 Å². The topological polar surface area (TPSA) is 58.4 Å². The highest BCUT2D eigenvalue weighted by molar-refractivity contribution is 5.77. The van der Waals surface area contributed by atoms with Crippen LogP contribution in [0.5, 0.6) is 0 Å². The summed E-state index contributed by atoms with van der Waals surface area (Å²) in [6.07, 6.45) is 2.20. The molecule has 0 aliphatic carbocycles. The average molecular weight is 263 g/mol. The molecule has 2 rings (SSSR count). The van der Waals surface area contributed by atoms with Gasteiger partial charge >= 0.3 is 5.69 Å². The van der Waals surface area contributed by atoms with E-state index in [0.29, 0.717) is 18.2 Å². The third-order valence-electron chi connectivity index (χ3n) is 3.69. The van der Waals surface area contributed by atoms with Crippen molar-refractivity contribution in [2.75, 3.05) is 29.9 Å². The van der Waals surface area contributed by atoms with Crippen molar-refractivity contribution >= 4 is 17.1 Å². The molecule has 1 aliphatic rings. The first-order chi connectivity index (χ1) is 9.13.